The van der Waals surface area contributed by atoms with Gasteiger partial charge >= 0.3 is 0 Å². The van der Waals surface area contributed by atoms with Crippen molar-refractivity contribution in [2.75, 3.05) is 12.5 Å². The lowest BCUT2D eigenvalue weighted by Crippen LogP contribution is -2.16. The standard InChI is InChI=1S/2C13H16N2O.C13H13NO2.C7H10N2O.3ClH/c2*14-11-3-1-2-9-10-6-8(7-16)4-5-12(10)15-13(9)11;15-7-8-4-5-11-10(6-8)9-2-1-3-12(16)13(9)14-11;1-10-7-4-2-6(9-8)3-5-7;;;/h2*4-6,11,15-16H,1-3,7,14H2;4-6,14-15H,1-3,7H2;2-5,9H,8H2,1H3;3*1H. The second kappa shape index (κ2) is 22.5. The maximum absolute atomic E-state index is 11.7. The lowest BCUT2D eigenvalue weighted by Gasteiger charge is -2.18. The zero-order chi connectivity index (χ0) is 40.8. The summed E-state index contributed by atoms with van der Waals surface area (Å²) >= 11 is 0. The second-order valence-corrected chi connectivity index (χ2v) is 15.3. The van der Waals surface area contributed by atoms with Gasteiger partial charge in [0.2, 0.25) is 0 Å². The molecule has 0 radical (unpaired) electrons. The van der Waals surface area contributed by atoms with Crippen LogP contribution in [0.4, 0.5) is 5.69 Å². The number of aromatic amines is 3. The highest BCUT2D eigenvalue weighted by Gasteiger charge is 2.23. The first-order valence-corrected chi connectivity index (χ1v) is 20.1. The first-order chi connectivity index (χ1) is 28.2. The van der Waals surface area contributed by atoms with Crippen molar-refractivity contribution in [1.82, 2.24) is 15.0 Å². The van der Waals surface area contributed by atoms with Crippen molar-refractivity contribution in [3.05, 3.63) is 129 Å². The van der Waals surface area contributed by atoms with Crippen LogP contribution >= 0.6 is 37.2 Å². The molecule has 0 saturated heterocycles. The monoisotopic (exact) mass is 893 g/mol. The number of nitrogens with two attached hydrogens (primary N) is 3. The van der Waals surface area contributed by atoms with E-state index in [-0.39, 0.29) is 74.9 Å². The molecule has 13 N–H and O–H groups in total. The Bertz CT molecular complexity index is 2400. The van der Waals surface area contributed by atoms with Crippen LogP contribution in [0.3, 0.4) is 0 Å². The van der Waals surface area contributed by atoms with Crippen LogP contribution in [-0.2, 0) is 39.1 Å². The van der Waals surface area contributed by atoms with Gasteiger partial charge in [-0.3, -0.25) is 10.6 Å². The number of nitrogen functional groups attached to an aromatic ring is 1. The normalized spacial score (nSPS) is 16.0. The highest BCUT2D eigenvalue weighted by Crippen LogP contribution is 2.35. The molecule has 0 spiro atoms. The topological polar surface area (TPSA) is 224 Å². The number of H-pyrrole nitrogens is 3. The lowest BCUT2D eigenvalue weighted by molar-refractivity contribution is 0.0968. The van der Waals surface area contributed by atoms with Crippen LogP contribution in [0.5, 0.6) is 5.75 Å². The number of halogens is 3. The average Bonchev–Trinajstić information content (AvgIpc) is 3.97. The van der Waals surface area contributed by atoms with E-state index < -0.39 is 0 Å². The number of aryl methyl sites for hydroxylation is 3. The molecule has 3 aliphatic carbocycles. The minimum absolute atomic E-state index is 0. The van der Waals surface area contributed by atoms with Gasteiger partial charge in [0.05, 0.1) is 32.6 Å². The van der Waals surface area contributed by atoms with Crippen molar-refractivity contribution < 1.29 is 24.9 Å². The predicted molar refractivity (Wildman–Crippen MR) is 252 cm³/mol. The predicted octanol–water partition coefficient (Wildman–Crippen LogP) is 8.42. The van der Waals surface area contributed by atoms with E-state index in [0.717, 1.165) is 113 Å². The fourth-order valence-corrected chi connectivity index (χ4v) is 8.41. The Hall–Kier alpha value is -4.60. The molecule has 0 fully saturated rings. The Morgan fingerprint density at radius 2 is 1.03 bits per heavy atom. The molecule has 3 aromatic heterocycles. The van der Waals surface area contributed by atoms with Crippen LogP contribution < -0.4 is 27.5 Å². The van der Waals surface area contributed by atoms with E-state index in [1.807, 2.05) is 66.7 Å². The molecule has 0 aliphatic heterocycles. The fraction of sp³-hybridized carbons (Fsp3) is 0.326. The van der Waals surface area contributed by atoms with Gasteiger partial charge < -0.3 is 51.9 Å². The molecule has 0 bridgehead atoms. The van der Waals surface area contributed by atoms with Gasteiger partial charge in [0, 0.05) is 68.3 Å². The third kappa shape index (κ3) is 10.9. The van der Waals surface area contributed by atoms with Crippen molar-refractivity contribution >= 4 is 81.4 Å². The van der Waals surface area contributed by atoms with E-state index in [9.17, 15) is 4.79 Å². The summed E-state index contributed by atoms with van der Waals surface area (Å²) < 4.78 is 4.95. The maximum Gasteiger partial charge on any atom is 0.179 e. The Balaban J connectivity index is 0.000000179. The Kier molecular flexibility index (Phi) is 18.1. The number of hydrogen-bond donors (Lipinski definition) is 10. The molecule has 3 heterocycles. The summed E-state index contributed by atoms with van der Waals surface area (Å²) in [5.41, 5.74) is 28.7. The number of hydrazine groups is 1. The number of Topliss-reactive ketones (excluding diaryl/α,β-unsaturated/α-hetero) is 1. The zero-order valence-corrected chi connectivity index (χ0v) is 36.7. The first kappa shape index (κ1) is 49.1. The fourth-order valence-electron chi connectivity index (χ4n) is 8.41. The number of fused-ring (bicyclic) bond motifs is 9. The van der Waals surface area contributed by atoms with Crippen molar-refractivity contribution in [3.63, 3.8) is 0 Å². The third-order valence-electron chi connectivity index (χ3n) is 11.5. The van der Waals surface area contributed by atoms with E-state index in [0.29, 0.717) is 6.42 Å². The maximum atomic E-state index is 11.7. The number of carbonyl (C=O) groups is 1. The van der Waals surface area contributed by atoms with Gasteiger partial charge in [0.25, 0.3) is 0 Å². The van der Waals surface area contributed by atoms with Crippen molar-refractivity contribution in [1.29, 1.82) is 0 Å². The molecule has 10 rings (SSSR count). The van der Waals surface area contributed by atoms with Gasteiger partial charge in [-0.05, 0) is 145 Å². The number of aliphatic hydroxyl groups is 3. The van der Waals surface area contributed by atoms with Crippen molar-refractivity contribution in [3.8, 4) is 5.75 Å². The molecule has 7 aromatic rings. The summed E-state index contributed by atoms with van der Waals surface area (Å²) in [6.45, 7) is 0.244. The summed E-state index contributed by atoms with van der Waals surface area (Å²) in [5.74, 6) is 6.19. The highest BCUT2D eigenvalue weighted by molar-refractivity contribution is 6.03. The summed E-state index contributed by atoms with van der Waals surface area (Å²) in [7, 11) is 1.63. The highest BCUT2D eigenvalue weighted by atomic mass is 35.5. The van der Waals surface area contributed by atoms with E-state index >= 15 is 0 Å². The van der Waals surface area contributed by atoms with Crippen LogP contribution in [0.2, 0.25) is 0 Å². The van der Waals surface area contributed by atoms with E-state index in [2.05, 4.69) is 32.5 Å². The lowest BCUT2D eigenvalue weighted by atomic mass is 9.92. The summed E-state index contributed by atoms with van der Waals surface area (Å²) in [4.78, 5) is 21.7. The molecule has 4 aromatic carbocycles. The van der Waals surface area contributed by atoms with Gasteiger partial charge in [0.15, 0.2) is 5.78 Å². The SMILES string of the molecule is COc1ccc(NN)cc1.Cl.Cl.Cl.NC1CCCc2c1[nH]c1ccc(CO)cc21.NC1CCCc2c1[nH]c1ccc(CO)cc21.O=C1CCCc2c1[nH]c1ccc(CO)cc21. The second-order valence-electron chi connectivity index (χ2n) is 15.3. The molecule has 61 heavy (non-hydrogen) atoms. The van der Waals surface area contributed by atoms with Crippen molar-refractivity contribution in [2.45, 2.75) is 89.7 Å². The van der Waals surface area contributed by atoms with E-state index in [4.69, 9.17) is 37.4 Å². The van der Waals surface area contributed by atoms with Crippen LogP contribution in [0, 0.1) is 0 Å². The molecule has 0 saturated carbocycles. The Labute approximate surface area is 374 Å². The third-order valence-corrected chi connectivity index (χ3v) is 11.5. The van der Waals surface area contributed by atoms with E-state index in [1.54, 1.807) is 7.11 Å². The molecule has 2 unspecified atom stereocenters. The smallest absolute Gasteiger partial charge is 0.179 e. The number of benzene rings is 4. The molecule has 12 nitrogen and oxygen atoms in total. The van der Waals surface area contributed by atoms with Crippen LogP contribution in [0.15, 0.2) is 78.9 Å². The van der Waals surface area contributed by atoms with Crippen LogP contribution in [-0.4, -0.2) is 43.2 Å². The average molecular weight is 895 g/mol. The quantitative estimate of drug-likeness (QED) is 0.0591. The molecule has 2 atom stereocenters. The summed E-state index contributed by atoms with van der Waals surface area (Å²) in [6.07, 6.45) is 9.16. The number of ketones is 1. The van der Waals surface area contributed by atoms with Gasteiger partial charge in [-0.25, -0.2) is 0 Å². The van der Waals surface area contributed by atoms with Crippen LogP contribution in [0.1, 0.15) is 106 Å². The number of nitrogens with one attached hydrogen (secondary N) is 4. The first-order valence-electron chi connectivity index (χ1n) is 20.1. The molecule has 3 aliphatic rings. The number of ether oxygens (including phenoxy) is 1. The number of rotatable bonds is 5. The van der Waals surface area contributed by atoms with Crippen LogP contribution in [0.25, 0.3) is 32.7 Å². The molecular weight excluding hydrogens is 837 g/mol. The Morgan fingerprint density at radius 1 is 0.607 bits per heavy atom. The number of hydrogen-bond acceptors (Lipinski definition) is 9. The minimum Gasteiger partial charge on any atom is -0.497 e. The summed E-state index contributed by atoms with van der Waals surface area (Å²) in [6, 6.07) is 25.6. The summed E-state index contributed by atoms with van der Waals surface area (Å²) in [5, 5.41) is 31.0. The number of aliphatic hydroxyl groups excluding tert-OH is 3. The minimum atomic E-state index is 0. The molecular formula is C46H58Cl3N7O5. The van der Waals surface area contributed by atoms with Gasteiger partial charge in [-0.2, -0.15) is 0 Å². The number of aromatic nitrogens is 3. The van der Waals surface area contributed by atoms with E-state index in [1.165, 1.54) is 33.3 Å². The van der Waals surface area contributed by atoms with Gasteiger partial charge in [-0.1, -0.05) is 18.2 Å². The Morgan fingerprint density at radius 3 is 1.46 bits per heavy atom. The van der Waals surface area contributed by atoms with Gasteiger partial charge in [-0.15, -0.1) is 37.2 Å². The molecule has 0 amide bonds. The number of anilines is 1. The largest absolute Gasteiger partial charge is 0.497 e. The molecule has 15 heteroatoms. The molecule has 328 valence electrons. The van der Waals surface area contributed by atoms with Crippen molar-refractivity contribution in [2.24, 2.45) is 17.3 Å². The number of methoxy groups -OCH3 is 1. The zero-order valence-electron chi connectivity index (χ0n) is 34.3. The number of carbonyl (C=O) groups excluding carboxylic acids is 1. The van der Waals surface area contributed by atoms with Gasteiger partial charge in [0.1, 0.15) is 5.75 Å².